The van der Waals surface area contributed by atoms with Crippen molar-refractivity contribution in [3.05, 3.63) is 0 Å². The zero-order valence-electron chi connectivity index (χ0n) is 7.30. The molecule has 0 saturated carbocycles. The van der Waals surface area contributed by atoms with Crippen LogP contribution in [0.3, 0.4) is 0 Å². The first-order valence-electron chi connectivity index (χ1n) is 2.92. The summed E-state index contributed by atoms with van der Waals surface area (Å²) in [4.78, 5) is 9.76. The first-order chi connectivity index (χ1) is 5.18. The summed E-state index contributed by atoms with van der Waals surface area (Å²) < 4.78 is 19.3. The van der Waals surface area contributed by atoms with Crippen LogP contribution in [0.25, 0.3) is 0 Å². The van der Waals surface area contributed by atoms with E-state index in [1.807, 2.05) is 0 Å². The van der Waals surface area contributed by atoms with Crippen LogP contribution in [0.5, 0.6) is 0 Å². The maximum atomic E-state index is 9.76. The first-order valence-corrected chi connectivity index (χ1v) is 5.86. The average Bonchev–Trinajstić information content (AvgIpc) is 1.82. The van der Waals surface area contributed by atoms with Crippen LogP contribution in [0.15, 0.2) is 0 Å². The third-order valence-electron chi connectivity index (χ3n) is 0.514. The van der Waals surface area contributed by atoms with Gasteiger partial charge in [-0.25, -0.2) is 8.42 Å². The summed E-state index contributed by atoms with van der Waals surface area (Å²) in [5.74, 6) is -0.815. The molecule has 0 rings (SSSR count). The molecule has 0 fully saturated rings. The first kappa shape index (κ1) is 18.7. The van der Waals surface area contributed by atoms with Crippen LogP contribution in [0.1, 0.15) is 0 Å². The van der Waals surface area contributed by atoms with Crippen LogP contribution in [0.4, 0.5) is 0 Å². The predicted octanol–water partition coefficient (Wildman–Crippen LogP) is -0.589. The molecule has 0 aliphatic carbocycles. The molecular weight excluding hydrogens is 238 g/mol. The molecule has 1 unspecified atom stereocenters. The number of hydrogen-bond acceptors (Lipinski definition) is 5. The van der Waals surface area contributed by atoms with Crippen LogP contribution >= 0.6 is 25.0 Å². The van der Waals surface area contributed by atoms with E-state index in [0.717, 1.165) is 12.5 Å². The van der Waals surface area contributed by atoms with Gasteiger partial charge in [0.15, 0.2) is 0 Å². The van der Waals surface area contributed by atoms with E-state index in [9.17, 15) is 13.2 Å². The molecule has 13 heavy (non-hydrogen) atoms. The Morgan fingerprint density at radius 3 is 1.77 bits per heavy atom. The Morgan fingerprint density at radius 2 is 1.77 bits per heavy atom. The van der Waals surface area contributed by atoms with Gasteiger partial charge in [-0.05, 0) is 0 Å². The fourth-order valence-electron chi connectivity index (χ4n) is 0.0781. The predicted molar refractivity (Wildman–Crippen MR) is 57.5 cm³/mol. The maximum absolute atomic E-state index is 9.76. The lowest BCUT2D eigenvalue weighted by molar-refractivity contribution is -0.137. The highest BCUT2D eigenvalue weighted by molar-refractivity contribution is 7.89. The summed E-state index contributed by atoms with van der Waals surface area (Å²) in [6.07, 6.45) is 2.32. The number of carboxylic acids is 1. The summed E-state index contributed by atoms with van der Waals surface area (Å²) in [5, 5.41) is 8.01. The van der Waals surface area contributed by atoms with E-state index in [-0.39, 0.29) is 18.2 Å². The molecule has 0 spiro atoms. The molecule has 0 amide bonds. The van der Waals surface area contributed by atoms with Crippen molar-refractivity contribution in [2.75, 3.05) is 18.3 Å². The second-order valence-electron chi connectivity index (χ2n) is 2.27. The number of sulfone groups is 1. The number of carbonyl (C=O) groups is 1. The molecule has 0 saturated heterocycles. The van der Waals surface area contributed by atoms with Gasteiger partial charge in [-0.2, -0.15) is 12.6 Å². The van der Waals surface area contributed by atoms with E-state index in [4.69, 9.17) is 10.8 Å². The fourth-order valence-corrected chi connectivity index (χ4v) is 0.234. The molecule has 0 aromatic heterocycles. The van der Waals surface area contributed by atoms with Crippen LogP contribution in [-0.4, -0.2) is 43.8 Å². The third kappa shape index (κ3) is 33.3. The summed E-state index contributed by atoms with van der Waals surface area (Å²) in [6.45, 7) is 0. The number of aliphatic carboxylic acids is 1. The van der Waals surface area contributed by atoms with Gasteiger partial charge < -0.3 is 10.8 Å². The summed E-state index contributed by atoms with van der Waals surface area (Å²) in [5.41, 5.74) is 4.94. The molecule has 0 aliphatic heterocycles. The topological polar surface area (TPSA) is 97.5 Å². The molecule has 0 radical (unpaired) electrons. The Balaban J connectivity index is -0.000000150. The highest BCUT2D eigenvalue weighted by atomic mass is 35.5. The van der Waals surface area contributed by atoms with Gasteiger partial charge in [-0.3, -0.25) is 4.79 Å². The van der Waals surface area contributed by atoms with E-state index >= 15 is 0 Å². The van der Waals surface area contributed by atoms with Crippen molar-refractivity contribution in [3.63, 3.8) is 0 Å². The van der Waals surface area contributed by atoms with Crippen LogP contribution in [0, 0.1) is 0 Å². The number of halogens is 1. The Labute approximate surface area is 89.4 Å². The molecule has 0 aromatic rings. The monoisotopic (exact) mass is 251 g/mol. The van der Waals surface area contributed by atoms with Crippen molar-refractivity contribution in [2.45, 2.75) is 6.04 Å². The largest absolute Gasteiger partial charge is 0.480 e. The minimum absolute atomic E-state index is 0. The zero-order valence-corrected chi connectivity index (χ0v) is 9.82. The molecule has 0 heterocycles. The van der Waals surface area contributed by atoms with Gasteiger partial charge in [-0.15, -0.1) is 12.4 Å². The van der Waals surface area contributed by atoms with E-state index in [2.05, 4.69) is 12.6 Å². The Morgan fingerprint density at radius 1 is 1.54 bits per heavy atom. The van der Waals surface area contributed by atoms with E-state index < -0.39 is 21.8 Å². The normalized spacial score (nSPS) is 11.7. The summed E-state index contributed by atoms with van der Waals surface area (Å²) >= 11 is 3.65. The molecule has 0 aliphatic rings. The molecular formula is C5H14ClNO4S2. The molecule has 8 heteroatoms. The standard InChI is InChI=1S/C3H7NO2S.C2H6O2S.ClH/c4-2(1-7)3(5)6;1-5(2,3)4;/h2,7H,1,4H2,(H,5,6);1-2H3;1H. The zero-order chi connectivity index (χ0) is 10.4. The summed E-state index contributed by atoms with van der Waals surface area (Å²) in [7, 11) is -2.67. The molecule has 0 bridgehead atoms. The van der Waals surface area contributed by atoms with Crippen molar-refractivity contribution >= 4 is 40.8 Å². The smallest absolute Gasteiger partial charge is 0.321 e. The molecule has 82 valence electrons. The Bertz CT molecular complexity index is 221. The second-order valence-corrected chi connectivity index (χ2v) is 4.92. The Kier molecular flexibility index (Phi) is 12.4. The maximum Gasteiger partial charge on any atom is 0.321 e. The molecule has 5 nitrogen and oxygen atoms in total. The quantitative estimate of drug-likeness (QED) is 0.570. The lowest BCUT2D eigenvalue weighted by Gasteiger charge is -1.96. The number of carboxylic acid groups (broad SMARTS) is 1. The lowest BCUT2D eigenvalue weighted by Crippen LogP contribution is -2.31. The summed E-state index contributed by atoms with van der Waals surface area (Å²) in [6, 6.07) is -0.816. The number of nitrogens with two attached hydrogens (primary N) is 1. The second kappa shape index (κ2) is 8.61. The van der Waals surface area contributed by atoms with Crippen LogP contribution in [-0.2, 0) is 14.6 Å². The van der Waals surface area contributed by atoms with Crippen LogP contribution in [0.2, 0.25) is 0 Å². The highest BCUT2D eigenvalue weighted by Crippen LogP contribution is 1.80. The van der Waals surface area contributed by atoms with Crippen molar-refractivity contribution in [1.82, 2.24) is 0 Å². The van der Waals surface area contributed by atoms with Gasteiger partial charge in [0.1, 0.15) is 15.9 Å². The van der Waals surface area contributed by atoms with E-state index in [0.29, 0.717) is 0 Å². The molecule has 1 atom stereocenters. The number of rotatable bonds is 2. The van der Waals surface area contributed by atoms with Gasteiger partial charge in [0.2, 0.25) is 0 Å². The van der Waals surface area contributed by atoms with Crippen molar-refractivity contribution < 1.29 is 18.3 Å². The lowest BCUT2D eigenvalue weighted by atomic mass is 10.4. The average molecular weight is 252 g/mol. The van der Waals surface area contributed by atoms with E-state index in [1.165, 1.54) is 0 Å². The van der Waals surface area contributed by atoms with Crippen molar-refractivity contribution in [2.24, 2.45) is 5.73 Å². The van der Waals surface area contributed by atoms with Gasteiger partial charge >= 0.3 is 5.97 Å². The van der Waals surface area contributed by atoms with E-state index in [1.54, 1.807) is 0 Å². The van der Waals surface area contributed by atoms with Gasteiger partial charge in [0.25, 0.3) is 0 Å². The van der Waals surface area contributed by atoms with Crippen molar-refractivity contribution in [3.8, 4) is 0 Å². The minimum Gasteiger partial charge on any atom is -0.480 e. The molecule has 0 aromatic carbocycles. The minimum atomic E-state index is -2.67. The number of hydrogen-bond donors (Lipinski definition) is 3. The van der Waals surface area contributed by atoms with Gasteiger partial charge in [0.05, 0.1) is 0 Å². The fraction of sp³-hybridized carbons (Fsp3) is 0.800. The molecule has 3 N–H and O–H groups in total. The highest BCUT2D eigenvalue weighted by Gasteiger charge is 2.06. The SMILES string of the molecule is CS(C)(=O)=O.Cl.NC(CS)C(=O)O. The third-order valence-corrected chi connectivity index (χ3v) is 0.907. The van der Waals surface area contributed by atoms with Gasteiger partial charge in [-0.1, -0.05) is 0 Å². The number of thiol groups is 1. The van der Waals surface area contributed by atoms with Crippen LogP contribution < -0.4 is 5.73 Å². The Hall–Kier alpha value is 0.0200. The van der Waals surface area contributed by atoms with Gasteiger partial charge in [0, 0.05) is 18.3 Å². The van der Waals surface area contributed by atoms with Crippen molar-refractivity contribution in [1.29, 1.82) is 0 Å².